The van der Waals surface area contributed by atoms with E-state index in [9.17, 15) is 0 Å². The topological polar surface area (TPSA) is 28.6 Å². The van der Waals surface area contributed by atoms with Crippen LogP contribution in [0.4, 0.5) is 5.82 Å². The predicted molar refractivity (Wildman–Crippen MR) is 92.7 cm³/mol. The number of aromatic nitrogens is 1. The molecule has 0 N–H and O–H groups in total. The van der Waals surface area contributed by atoms with Gasteiger partial charge >= 0.3 is 0 Å². The molecule has 2 rings (SSSR count). The van der Waals surface area contributed by atoms with Crippen LogP contribution in [0.5, 0.6) is 5.75 Å². The molecule has 0 aliphatic heterocycles. The van der Waals surface area contributed by atoms with Crippen LogP contribution in [0.25, 0.3) is 11.1 Å². The molecule has 0 aliphatic carbocycles. The highest BCUT2D eigenvalue weighted by Gasteiger charge is 2.05. The van der Waals surface area contributed by atoms with E-state index in [-0.39, 0.29) is 0 Å². The maximum absolute atomic E-state index is 5.55. The molecule has 0 atom stereocenters. The molecule has 2 aromatic rings. The van der Waals surface area contributed by atoms with Gasteiger partial charge in [-0.25, -0.2) is 4.98 Å². The first-order chi connectivity index (χ1) is 10.6. The first-order valence-electron chi connectivity index (χ1n) is 7.65. The van der Waals surface area contributed by atoms with Gasteiger partial charge in [-0.3, -0.25) is 0 Å². The first-order valence-corrected chi connectivity index (χ1v) is 7.65. The summed E-state index contributed by atoms with van der Waals surface area (Å²) in [6, 6.07) is 12.3. The third kappa shape index (κ3) is 4.46. The predicted octanol–water partition coefficient (Wildman–Crippen LogP) is 3.15. The van der Waals surface area contributed by atoms with Gasteiger partial charge < -0.3 is 14.5 Å². The molecule has 0 radical (unpaired) electrons. The lowest BCUT2D eigenvalue weighted by Gasteiger charge is -2.20. The normalized spacial score (nSPS) is 10.8. The van der Waals surface area contributed by atoms with Gasteiger partial charge in [-0.15, -0.1) is 0 Å². The molecule has 0 saturated carbocycles. The average molecular weight is 299 g/mol. The molecule has 4 heteroatoms. The van der Waals surface area contributed by atoms with Crippen LogP contribution in [0.1, 0.15) is 6.92 Å². The van der Waals surface area contributed by atoms with E-state index in [0.717, 1.165) is 35.8 Å². The minimum atomic E-state index is 0.678. The maximum Gasteiger partial charge on any atom is 0.128 e. The van der Waals surface area contributed by atoms with E-state index in [4.69, 9.17) is 4.74 Å². The van der Waals surface area contributed by atoms with Crippen molar-refractivity contribution in [2.24, 2.45) is 0 Å². The Bertz CT molecular complexity index is 581. The van der Waals surface area contributed by atoms with E-state index in [1.807, 2.05) is 25.3 Å². The Labute approximate surface area is 133 Å². The van der Waals surface area contributed by atoms with Gasteiger partial charge in [0.2, 0.25) is 0 Å². The molecule has 1 aromatic carbocycles. The molecule has 118 valence electrons. The summed E-state index contributed by atoms with van der Waals surface area (Å²) < 4.78 is 5.55. The second-order valence-electron chi connectivity index (χ2n) is 5.59. The third-order valence-electron chi connectivity index (χ3n) is 3.50. The van der Waals surface area contributed by atoms with Crippen LogP contribution in [-0.2, 0) is 0 Å². The van der Waals surface area contributed by atoms with E-state index >= 15 is 0 Å². The zero-order valence-corrected chi connectivity index (χ0v) is 13.9. The van der Waals surface area contributed by atoms with E-state index < -0.39 is 0 Å². The van der Waals surface area contributed by atoms with Crippen LogP contribution in [0, 0.1) is 0 Å². The molecule has 4 nitrogen and oxygen atoms in total. The fraction of sp³-hybridized carbons (Fsp3) is 0.389. The molecule has 0 spiro atoms. The Kier molecular flexibility index (Phi) is 5.78. The van der Waals surface area contributed by atoms with Gasteiger partial charge in [-0.05, 0) is 50.8 Å². The van der Waals surface area contributed by atoms with Crippen molar-refractivity contribution in [3.05, 3.63) is 42.6 Å². The Balaban J connectivity index is 2.09. The largest absolute Gasteiger partial charge is 0.494 e. The standard InChI is InChI=1S/C18H25N3O/c1-5-22-17-8-6-7-15(13-17)16-9-10-18(19-14-16)21(4)12-11-20(2)3/h6-10,13-14H,5,11-12H2,1-4H3. The Morgan fingerprint density at radius 3 is 2.45 bits per heavy atom. The van der Waals surface area contributed by atoms with Crippen LogP contribution >= 0.6 is 0 Å². The van der Waals surface area contributed by atoms with Crippen molar-refractivity contribution in [1.29, 1.82) is 0 Å². The Morgan fingerprint density at radius 2 is 1.82 bits per heavy atom. The highest BCUT2D eigenvalue weighted by atomic mass is 16.5. The van der Waals surface area contributed by atoms with Crippen molar-refractivity contribution in [3.63, 3.8) is 0 Å². The quantitative estimate of drug-likeness (QED) is 0.785. The second-order valence-corrected chi connectivity index (χ2v) is 5.59. The highest BCUT2D eigenvalue weighted by molar-refractivity contribution is 5.65. The molecule has 1 heterocycles. The lowest BCUT2D eigenvalue weighted by molar-refractivity contribution is 0.340. The SMILES string of the molecule is CCOc1cccc(-c2ccc(N(C)CCN(C)C)nc2)c1. The lowest BCUT2D eigenvalue weighted by Crippen LogP contribution is -2.28. The number of ether oxygens (including phenoxy) is 1. The first kappa shape index (κ1) is 16.3. The minimum Gasteiger partial charge on any atom is -0.494 e. The van der Waals surface area contributed by atoms with E-state index in [1.165, 1.54) is 0 Å². The van der Waals surface area contributed by atoms with Crippen LogP contribution in [0.3, 0.4) is 0 Å². The molecule has 22 heavy (non-hydrogen) atoms. The number of nitrogens with zero attached hydrogens (tertiary/aromatic N) is 3. The van der Waals surface area contributed by atoms with Crippen molar-refractivity contribution < 1.29 is 4.74 Å². The molecule has 0 fully saturated rings. The summed E-state index contributed by atoms with van der Waals surface area (Å²) >= 11 is 0. The van der Waals surface area contributed by atoms with E-state index in [1.54, 1.807) is 0 Å². The third-order valence-corrected chi connectivity index (χ3v) is 3.50. The zero-order chi connectivity index (χ0) is 15.9. The summed E-state index contributed by atoms with van der Waals surface area (Å²) in [5.74, 6) is 1.89. The van der Waals surface area contributed by atoms with Crippen LogP contribution in [-0.4, -0.2) is 50.7 Å². The zero-order valence-electron chi connectivity index (χ0n) is 13.9. The summed E-state index contributed by atoms with van der Waals surface area (Å²) in [7, 11) is 6.23. The number of likely N-dealkylation sites (N-methyl/N-ethyl adjacent to an activating group) is 2. The van der Waals surface area contributed by atoms with Gasteiger partial charge in [0.15, 0.2) is 0 Å². The summed E-state index contributed by atoms with van der Waals surface area (Å²) in [4.78, 5) is 8.91. The smallest absolute Gasteiger partial charge is 0.128 e. The van der Waals surface area contributed by atoms with Crippen LogP contribution < -0.4 is 9.64 Å². The number of hydrogen-bond acceptors (Lipinski definition) is 4. The summed E-state index contributed by atoms with van der Waals surface area (Å²) in [6.07, 6.45) is 1.92. The molecular weight excluding hydrogens is 274 g/mol. The van der Waals surface area contributed by atoms with Gasteiger partial charge in [0.1, 0.15) is 11.6 Å². The minimum absolute atomic E-state index is 0.678. The molecule has 0 saturated heterocycles. The monoisotopic (exact) mass is 299 g/mol. The van der Waals surface area contributed by atoms with Crippen molar-refractivity contribution in [2.45, 2.75) is 6.92 Å². The van der Waals surface area contributed by atoms with Gasteiger partial charge in [0.05, 0.1) is 6.61 Å². The van der Waals surface area contributed by atoms with Crippen molar-refractivity contribution in [2.75, 3.05) is 45.7 Å². The van der Waals surface area contributed by atoms with Crippen molar-refractivity contribution >= 4 is 5.82 Å². The van der Waals surface area contributed by atoms with Gasteiger partial charge in [0, 0.05) is 31.9 Å². The molecular formula is C18H25N3O. The van der Waals surface area contributed by atoms with Crippen molar-refractivity contribution in [3.8, 4) is 16.9 Å². The maximum atomic E-state index is 5.55. The number of pyridine rings is 1. The average Bonchev–Trinajstić information content (AvgIpc) is 2.53. The van der Waals surface area contributed by atoms with Gasteiger partial charge in [0.25, 0.3) is 0 Å². The van der Waals surface area contributed by atoms with Crippen molar-refractivity contribution in [1.82, 2.24) is 9.88 Å². The number of benzene rings is 1. The number of rotatable bonds is 7. The number of anilines is 1. The fourth-order valence-electron chi connectivity index (χ4n) is 2.18. The van der Waals surface area contributed by atoms with E-state index in [2.05, 4.69) is 60.2 Å². The second kappa shape index (κ2) is 7.80. The molecule has 0 unspecified atom stereocenters. The molecule has 0 bridgehead atoms. The molecule has 1 aromatic heterocycles. The molecule has 0 aliphatic rings. The summed E-state index contributed by atoms with van der Waals surface area (Å²) in [5, 5.41) is 0. The van der Waals surface area contributed by atoms with Crippen LogP contribution in [0.2, 0.25) is 0 Å². The number of hydrogen-bond donors (Lipinski definition) is 0. The van der Waals surface area contributed by atoms with E-state index in [0.29, 0.717) is 6.61 Å². The van der Waals surface area contributed by atoms with Gasteiger partial charge in [-0.2, -0.15) is 0 Å². The van der Waals surface area contributed by atoms with Crippen LogP contribution in [0.15, 0.2) is 42.6 Å². The fourth-order valence-corrected chi connectivity index (χ4v) is 2.18. The molecule has 0 amide bonds. The Hall–Kier alpha value is -2.07. The Morgan fingerprint density at radius 1 is 1.00 bits per heavy atom. The summed E-state index contributed by atoms with van der Waals surface area (Å²) in [6.45, 7) is 4.64. The summed E-state index contributed by atoms with van der Waals surface area (Å²) in [5.41, 5.74) is 2.23. The lowest BCUT2D eigenvalue weighted by atomic mass is 10.1. The van der Waals surface area contributed by atoms with Gasteiger partial charge in [-0.1, -0.05) is 12.1 Å². The highest BCUT2D eigenvalue weighted by Crippen LogP contribution is 2.24.